The molecule has 0 bridgehead atoms. The van der Waals surface area contributed by atoms with Gasteiger partial charge in [-0.2, -0.15) is 26.9 Å². The molecular formula is C10H7F6N. The molecule has 0 aliphatic carbocycles. The summed E-state index contributed by atoms with van der Waals surface area (Å²) in [7, 11) is 0. The molecule has 0 aromatic heterocycles. The van der Waals surface area contributed by atoms with E-state index < -0.39 is 29.5 Å². The summed E-state index contributed by atoms with van der Waals surface area (Å²) in [5, 5.41) is 0. The highest BCUT2D eigenvalue weighted by atomic mass is 19.4. The predicted molar refractivity (Wildman–Crippen MR) is 46.8 cm³/mol. The van der Waals surface area contributed by atoms with E-state index in [-0.39, 0.29) is 5.56 Å². The van der Waals surface area contributed by atoms with Crippen LogP contribution < -0.4 is 0 Å². The number of halogens is 6. The van der Waals surface area contributed by atoms with Crippen molar-refractivity contribution in [3.63, 3.8) is 0 Å². The van der Waals surface area contributed by atoms with Gasteiger partial charge in [0.15, 0.2) is 0 Å². The van der Waals surface area contributed by atoms with E-state index in [1.807, 2.05) is 0 Å². The van der Waals surface area contributed by atoms with Gasteiger partial charge in [-0.1, -0.05) is 30.3 Å². The van der Waals surface area contributed by atoms with Gasteiger partial charge < -0.3 is 0 Å². The molecule has 0 amide bonds. The van der Waals surface area contributed by atoms with Crippen molar-refractivity contribution >= 4 is 0 Å². The second-order valence-electron chi connectivity index (χ2n) is 3.73. The molecule has 7 heteroatoms. The smallest absolute Gasteiger partial charge is 0.207 e. The van der Waals surface area contributed by atoms with E-state index in [1.54, 1.807) is 6.07 Å². The fraction of sp³-hybridized carbons (Fsp3) is 0.400. The van der Waals surface area contributed by atoms with Crippen LogP contribution in [0.1, 0.15) is 5.56 Å². The Labute approximate surface area is 92.6 Å². The minimum atomic E-state index is -5.61. The lowest BCUT2D eigenvalue weighted by atomic mass is 10.2. The first-order valence-electron chi connectivity index (χ1n) is 4.66. The summed E-state index contributed by atoms with van der Waals surface area (Å²) in [6.07, 6.45) is -5.61. The number of alkyl halides is 6. The van der Waals surface area contributed by atoms with Gasteiger partial charge in [0.2, 0.25) is 0 Å². The molecule has 17 heavy (non-hydrogen) atoms. The average molecular weight is 255 g/mol. The van der Waals surface area contributed by atoms with Crippen LogP contribution >= 0.6 is 0 Å². The SMILES string of the molecule is FC(F)(F)C1(F)N(Cc2ccccc2)C1(F)F. The van der Waals surface area contributed by atoms with Crippen LogP contribution in [0.15, 0.2) is 30.3 Å². The molecule has 1 aliphatic rings. The molecule has 1 aromatic carbocycles. The second-order valence-corrected chi connectivity index (χ2v) is 3.73. The monoisotopic (exact) mass is 255 g/mol. The van der Waals surface area contributed by atoms with Crippen LogP contribution in [0.3, 0.4) is 0 Å². The van der Waals surface area contributed by atoms with Crippen LogP contribution in [0, 0.1) is 0 Å². The van der Waals surface area contributed by atoms with Crippen molar-refractivity contribution in [3.05, 3.63) is 35.9 Å². The first-order chi connectivity index (χ1) is 7.71. The van der Waals surface area contributed by atoms with E-state index in [9.17, 15) is 26.3 Å². The van der Waals surface area contributed by atoms with Gasteiger partial charge in [-0.05, 0) is 5.56 Å². The molecule has 94 valence electrons. The van der Waals surface area contributed by atoms with E-state index in [0.717, 1.165) is 0 Å². The maximum Gasteiger partial charge on any atom is 0.444 e. The van der Waals surface area contributed by atoms with Crippen LogP contribution in [-0.4, -0.2) is 22.9 Å². The number of hydrogen-bond donors (Lipinski definition) is 0. The second kappa shape index (κ2) is 3.38. The Morgan fingerprint density at radius 1 is 1.00 bits per heavy atom. The van der Waals surface area contributed by atoms with Crippen LogP contribution in [0.5, 0.6) is 0 Å². The van der Waals surface area contributed by atoms with Crippen molar-refractivity contribution in [1.29, 1.82) is 0 Å². The fourth-order valence-electron chi connectivity index (χ4n) is 1.63. The Bertz CT molecular complexity index is 415. The Kier molecular flexibility index (Phi) is 2.43. The lowest BCUT2D eigenvalue weighted by Crippen LogP contribution is -2.34. The number of nitrogens with zero attached hydrogens (tertiary/aromatic N) is 1. The predicted octanol–water partition coefficient (Wildman–Crippen LogP) is 3.32. The summed E-state index contributed by atoms with van der Waals surface area (Å²) in [5.41, 5.74) is 0.191. The van der Waals surface area contributed by atoms with E-state index in [4.69, 9.17) is 0 Å². The third-order valence-electron chi connectivity index (χ3n) is 2.62. The van der Waals surface area contributed by atoms with Crippen LogP contribution in [0.4, 0.5) is 26.3 Å². The van der Waals surface area contributed by atoms with Gasteiger partial charge >= 0.3 is 18.0 Å². The van der Waals surface area contributed by atoms with Crippen molar-refractivity contribution in [2.45, 2.75) is 24.6 Å². The Balaban J connectivity index is 2.20. The summed E-state index contributed by atoms with van der Waals surface area (Å²) in [6, 6.07) is 2.74. The quantitative estimate of drug-likeness (QED) is 0.445. The number of rotatable bonds is 2. The van der Waals surface area contributed by atoms with E-state index >= 15 is 0 Å². The molecule has 1 aromatic rings. The first kappa shape index (κ1) is 12.2. The molecule has 1 heterocycles. The van der Waals surface area contributed by atoms with Crippen molar-refractivity contribution in [2.24, 2.45) is 0 Å². The third kappa shape index (κ3) is 1.60. The summed E-state index contributed by atoms with van der Waals surface area (Å²) in [4.78, 5) is -0.505. The normalized spacial score (nSPS) is 31.3. The van der Waals surface area contributed by atoms with E-state index in [0.29, 0.717) is 0 Å². The zero-order valence-corrected chi connectivity index (χ0v) is 8.31. The average Bonchev–Trinajstić information content (AvgIpc) is 2.66. The Morgan fingerprint density at radius 2 is 1.53 bits per heavy atom. The van der Waals surface area contributed by atoms with E-state index in [1.165, 1.54) is 24.3 Å². The molecule has 2 atom stereocenters. The van der Waals surface area contributed by atoms with Crippen LogP contribution in [-0.2, 0) is 6.54 Å². The lowest BCUT2D eigenvalue weighted by molar-refractivity contribution is -0.223. The number of hydrogen-bond acceptors (Lipinski definition) is 1. The van der Waals surface area contributed by atoms with Gasteiger partial charge in [-0.15, -0.1) is 0 Å². The molecule has 0 saturated carbocycles. The molecule has 0 N–H and O–H groups in total. The molecule has 2 unspecified atom stereocenters. The summed E-state index contributed by atoms with van der Waals surface area (Å²) in [6.45, 7) is -0.788. The maximum absolute atomic E-state index is 13.2. The highest BCUT2D eigenvalue weighted by Crippen LogP contribution is 2.63. The zero-order chi connectivity index (χ0) is 12.9. The highest BCUT2D eigenvalue weighted by Gasteiger charge is 2.92. The zero-order valence-electron chi connectivity index (χ0n) is 8.31. The first-order valence-corrected chi connectivity index (χ1v) is 4.66. The van der Waals surface area contributed by atoms with Gasteiger partial charge in [-0.25, -0.2) is 4.39 Å². The lowest BCUT2D eigenvalue weighted by Gasteiger charge is -2.10. The van der Waals surface area contributed by atoms with Crippen LogP contribution in [0.25, 0.3) is 0 Å². The van der Waals surface area contributed by atoms with Gasteiger partial charge in [0.05, 0.1) is 0 Å². The minimum absolute atomic E-state index is 0.191. The minimum Gasteiger partial charge on any atom is -0.207 e. The molecule has 2 rings (SSSR count). The van der Waals surface area contributed by atoms with Gasteiger partial charge in [0.25, 0.3) is 0 Å². The summed E-state index contributed by atoms with van der Waals surface area (Å²) < 4.78 is 75.4. The fourth-order valence-corrected chi connectivity index (χ4v) is 1.63. The van der Waals surface area contributed by atoms with E-state index in [2.05, 4.69) is 0 Å². The number of benzene rings is 1. The molecule has 1 aliphatic heterocycles. The van der Waals surface area contributed by atoms with Crippen molar-refractivity contribution < 1.29 is 26.3 Å². The standard InChI is InChI=1S/C10H7F6N/c11-8(9(12,13)14)10(15,16)17(8)6-7-4-2-1-3-5-7/h1-5H,6H2. The Morgan fingerprint density at radius 3 is 1.94 bits per heavy atom. The third-order valence-corrected chi connectivity index (χ3v) is 2.62. The Hall–Kier alpha value is -1.24. The molecule has 1 saturated heterocycles. The van der Waals surface area contributed by atoms with Gasteiger partial charge in [-0.3, -0.25) is 0 Å². The molecular weight excluding hydrogens is 248 g/mol. The highest BCUT2D eigenvalue weighted by molar-refractivity contribution is 5.21. The molecule has 1 fully saturated rings. The van der Waals surface area contributed by atoms with Crippen molar-refractivity contribution in [3.8, 4) is 0 Å². The van der Waals surface area contributed by atoms with Gasteiger partial charge in [0.1, 0.15) is 0 Å². The summed E-state index contributed by atoms with van der Waals surface area (Å²) >= 11 is 0. The topological polar surface area (TPSA) is 3.01 Å². The molecule has 0 radical (unpaired) electrons. The molecule has 0 spiro atoms. The van der Waals surface area contributed by atoms with Crippen molar-refractivity contribution in [1.82, 2.24) is 4.90 Å². The van der Waals surface area contributed by atoms with Gasteiger partial charge in [0, 0.05) is 6.54 Å². The molecule has 1 nitrogen and oxygen atoms in total. The van der Waals surface area contributed by atoms with Crippen LogP contribution in [0.2, 0.25) is 0 Å². The summed E-state index contributed by atoms with van der Waals surface area (Å²) in [5.74, 6) is -4.55. The van der Waals surface area contributed by atoms with Crippen molar-refractivity contribution in [2.75, 3.05) is 0 Å². The maximum atomic E-state index is 13.2. The largest absolute Gasteiger partial charge is 0.444 e.